The highest BCUT2D eigenvalue weighted by molar-refractivity contribution is 6.07. The number of anilines is 1. The van der Waals surface area contributed by atoms with Crippen LogP contribution in [0.15, 0.2) is 54.6 Å². The molecule has 0 saturated heterocycles. The van der Waals surface area contributed by atoms with Crippen LogP contribution in [-0.2, 0) is 4.79 Å². The van der Waals surface area contributed by atoms with Crippen molar-refractivity contribution in [2.24, 2.45) is 0 Å². The smallest absolute Gasteiger partial charge is 0.253 e. The van der Waals surface area contributed by atoms with Gasteiger partial charge in [-0.3, -0.25) is 9.59 Å². The lowest BCUT2D eigenvalue weighted by Gasteiger charge is -2.12. The van der Waals surface area contributed by atoms with Gasteiger partial charge in [0, 0.05) is 12.1 Å². The largest absolute Gasteiger partial charge is 0.497 e. The van der Waals surface area contributed by atoms with Crippen LogP contribution in [0.5, 0.6) is 5.75 Å². The van der Waals surface area contributed by atoms with Crippen molar-refractivity contribution in [1.29, 1.82) is 0 Å². The van der Waals surface area contributed by atoms with Crippen LogP contribution in [0.1, 0.15) is 29.8 Å². The van der Waals surface area contributed by atoms with Crippen LogP contribution in [0, 0.1) is 0 Å². The Morgan fingerprint density at radius 2 is 1.72 bits per heavy atom. The summed E-state index contributed by atoms with van der Waals surface area (Å²) in [5, 5.41) is 5.57. The van der Waals surface area contributed by atoms with Gasteiger partial charge in [-0.1, -0.05) is 24.3 Å². The number of carbonyl (C=O) groups is 2. The fraction of sp³-hybridized carbons (Fsp3) is 0.200. The minimum atomic E-state index is -0.305. The molecule has 25 heavy (non-hydrogen) atoms. The zero-order valence-electron chi connectivity index (χ0n) is 14.6. The van der Waals surface area contributed by atoms with Crippen LogP contribution in [0.2, 0.25) is 0 Å². The minimum Gasteiger partial charge on any atom is -0.497 e. The van der Waals surface area contributed by atoms with E-state index in [1.807, 2.05) is 38.1 Å². The van der Waals surface area contributed by atoms with E-state index in [4.69, 9.17) is 4.74 Å². The number of benzene rings is 2. The maximum atomic E-state index is 12.2. The molecule has 0 aliphatic rings. The van der Waals surface area contributed by atoms with Crippen LogP contribution < -0.4 is 15.4 Å². The molecule has 2 rings (SSSR count). The van der Waals surface area contributed by atoms with Gasteiger partial charge in [0.1, 0.15) is 5.75 Å². The van der Waals surface area contributed by atoms with Crippen LogP contribution in [0.4, 0.5) is 5.69 Å². The highest BCUT2D eigenvalue weighted by Crippen LogP contribution is 2.16. The number of carbonyl (C=O) groups excluding carboxylic acids is 2. The van der Waals surface area contributed by atoms with Gasteiger partial charge in [-0.15, -0.1) is 0 Å². The van der Waals surface area contributed by atoms with Crippen molar-refractivity contribution < 1.29 is 14.3 Å². The lowest BCUT2D eigenvalue weighted by Crippen LogP contribution is -2.30. The summed E-state index contributed by atoms with van der Waals surface area (Å²) in [6, 6.07) is 14.3. The standard InChI is InChI=1S/C20H22N2O3/c1-14(2)21-20(24)17-6-4-5-7-18(17)22-19(23)13-10-15-8-11-16(25-3)12-9-15/h4-14H,1-3H3,(H,21,24)(H,22,23)/b13-10+. The minimum absolute atomic E-state index is 0.0197. The van der Waals surface area contributed by atoms with Crippen LogP contribution in [0.25, 0.3) is 6.08 Å². The molecule has 0 aliphatic heterocycles. The van der Waals surface area contributed by atoms with Crippen LogP contribution >= 0.6 is 0 Å². The van der Waals surface area contributed by atoms with Gasteiger partial charge >= 0.3 is 0 Å². The molecule has 0 heterocycles. The number of amides is 2. The molecular weight excluding hydrogens is 316 g/mol. The first-order valence-corrected chi connectivity index (χ1v) is 8.02. The van der Waals surface area contributed by atoms with Gasteiger partial charge in [-0.25, -0.2) is 0 Å². The van der Waals surface area contributed by atoms with Crippen molar-refractivity contribution in [3.05, 3.63) is 65.7 Å². The summed E-state index contributed by atoms with van der Waals surface area (Å²) in [4.78, 5) is 24.4. The summed E-state index contributed by atoms with van der Waals surface area (Å²) in [5.41, 5.74) is 1.79. The van der Waals surface area contributed by atoms with E-state index in [2.05, 4.69) is 10.6 Å². The topological polar surface area (TPSA) is 67.4 Å². The van der Waals surface area contributed by atoms with Crippen molar-refractivity contribution in [1.82, 2.24) is 5.32 Å². The van der Waals surface area contributed by atoms with Crippen LogP contribution in [0.3, 0.4) is 0 Å². The van der Waals surface area contributed by atoms with Gasteiger partial charge in [0.05, 0.1) is 18.4 Å². The lowest BCUT2D eigenvalue weighted by atomic mass is 10.1. The monoisotopic (exact) mass is 338 g/mol. The molecule has 5 heteroatoms. The predicted molar refractivity (Wildman–Crippen MR) is 99.7 cm³/mol. The number of ether oxygens (including phenoxy) is 1. The molecule has 0 unspecified atom stereocenters. The molecule has 2 amide bonds. The molecule has 5 nitrogen and oxygen atoms in total. The van der Waals surface area contributed by atoms with Gasteiger partial charge in [0.2, 0.25) is 5.91 Å². The molecule has 0 fully saturated rings. The second-order valence-corrected chi connectivity index (χ2v) is 5.77. The summed E-state index contributed by atoms with van der Waals surface area (Å²) in [6.45, 7) is 3.77. The molecule has 0 bridgehead atoms. The first kappa shape index (κ1) is 18.3. The summed E-state index contributed by atoms with van der Waals surface area (Å²) in [5.74, 6) is 0.234. The number of methoxy groups -OCH3 is 1. The number of nitrogens with one attached hydrogen (secondary N) is 2. The zero-order valence-corrected chi connectivity index (χ0v) is 14.6. The Morgan fingerprint density at radius 1 is 1.04 bits per heavy atom. The summed E-state index contributed by atoms with van der Waals surface area (Å²) >= 11 is 0. The highest BCUT2D eigenvalue weighted by atomic mass is 16.5. The molecule has 0 spiro atoms. The van der Waals surface area contributed by atoms with Gasteiger partial charge in [-0.2, -0.15) is 0 Å². The number of rotatable bonds is 6. The Bertz CT molecular complexity index is 765. The Labute approximate surface area is 147 Å². The number of hydrogen-bond acceptors (Lipinski definition) is 3. The van der Waals surface area contributed by atoms with Gasteiger partial charge in [-0.05, 0) is 49.8 Å². The third-order valence-corrected chi connectivity index (χ3v) is 3.39. The maximum Gasteiger partial charge on any atom is 0.253 e. The Hall–Kier alpha value is -3.08. The molecule has 0 aromatic heterocycles. The fourth-order valence-electron chi connectivity index (χ4n) is 2.19. The van der Waals surface area contributed by atoms with E-state index in [9.17, 15) is 9.59 Å². The average molecular weight is 338 g/mol. The fourth-order valence-corrected chi connectivity index (χ4v) is 2.19. The van der Waals surface area contributed by atoms with E-state index in [0.29, 0.717) is 11.3 Å². The van der Waals surface area contributed by atoms with E-state index < -0.39 is 0 Å². The van der Waals surface area contributed by atoms with E-state index in [-0.39, 0.29) is 17.9 Å². The van der Waals surface area contributed by atoms with Crippen LogP contribution in [-0.4, -0.2) is 25.0 Å². The Kier molecular flexibility index (Phi) is 6.34. The third-order valence-electron chi connectivity index (χ3n) is 3.39. The summed E-state index contributed by atoms with van der Waals surface area (Å²) in [6.07, 6.45) is 3.13. The predicted octanol–water partition coefficient (Wildman–Crippen LogP) is 3.49. The highest BCUT2D eigenvalue weighted by Gasteiger charge is 2.12. The Balaban J connectivity index is 2.07. The molecule has 2 N–H and O–H groups in total. The second kappa shape index (κ2) is 8.68. The van der Waals surface area contributed by atoms with E-state index in [1.165, 1.54) is 6.08 Å². The molecule has 0 atom stereocenters. The molecule has 0 aliphatic carbocycles. The van der Waals surface area contributed by atoms with E-state index in [0.717, 1.165) is 11.3 Å². The molecule has 2 aromatic rings. The van der Waals surface area contributed by atoms with Crippen molar-refractivity contribution in [3.8, 4) is 5.75 Å². The first-order valence-electron chi connectivity index (χ1n) is 8.02. The number of hydrogen-bond donors (Lipinski definition) is 2. The normalized spacial score (nSPS) is 10.7. The second-order valence-electron chi connectivity index (χ2n) is 5.77. The van der Waals surface area contributed by atoms with E-state index >= 15 is 0 Å². The SMILES string of the molecule is COc1ccc(/C=C/C(=O)Nc2ccccc2C(=O)NC(C)C)cc1. The van der Waals surface area contributed by atoms with E-state index in [1.54, 1.807) is 37.5 Å². The molecule has 2 aromatic carbocycles. The zero-order chi connectivity index (χ0) is 18.2. The lowest BCUT2D eigenvalue weighted by molar-refractivity contribution is -0.111. The molecule has 0 saturated carbocycles. The quantitative estimate of drug-likeness (QED) is 0.792. The van der Waals surface area contributed by atoms with Gasteiger partial charge in [0.25, 0.3) is 5.91 Å². The molecule has 0 radical (unpaired) electrons. The van der Waals surface area contributed by atoms with Crippen molar-refractivity contribution in [2.75, 3.05) is 12.4 Å². The Morgan fingerprint density at radius 3 is 2.36 bits per heavy atom. The van der Waals surface area contributed by atoms with Gasteiger partial charge < -0.3 is 15.4 Å². The van der Waals surface area contributed by atoms with Crippen molar-refractivity contribution in [3.63, 3.8) is 0 Å². The summed E-state index contributed by atoms with van der Waals surface area (Å²) in [7, 11) is 1.60. The first-order chi connectivity index (χ1) is 12.0. The third kappa shape index (κ3) is 5.49. The average Bonchev–Trinajstić information content (AvgIpc) is 2.60. The number of para-hydroxylation sites is 1. The van der Waals surface area contributed by atoms with Gasteiger partial charge in [0.15, 0.2) is 0 Å². The van der Waals surface area contributed by atoms with Crippen molar-refractivity contribution >= 4 is 23.6 Å². The van der Waals surface area contributed by atoms with Crippen molar-refractivity contribution in [2.45, 2.75) is 19.9 Å². The molecular formula is C20H22N2O3. The maximum absolute atomic E-state index is 12.2. The summed E-state index contributed by atoms with van der Waals surface area (Å²) < 4.78 is 5.10. The molecule has 130 valence electrons.